The first-order chi connectivity index (χ1) is 17.1. The van der Waals surface area contributed by atoms with E-state index in [1.807, 2.05) is 0 Å². The van der Waals surface area contributed by atoms with Crippen molar-refractivity contribution in [3.8, 4) is 5.75 Å². The minimum atomic E-state index is -4.92. The van der Waals surface area contributed by atoms with E-state index >= 15 is 0 Å². The number of hydrogen-bond donors (Lipinski definition) is 1. The molecule has 0 atom stereocenters. The summed E-state index contributed by atoms with van der Waals surface area (Å²) in [5.41, 5.74) is 7.35. The van der Waals surface area contributed by atoms with Gasteiger partial charge in [-0.3, -0.25) is 4.79 Å². The Balaban J connectivity index is 0.00000380. The molecule has 2 heterocycles. The van der Waals surface area contributed by atoms with Crippen molar-refractivity contribution in [1.29, 1.82) is 0 Å². The van der Waals surface area contributed by atoms with E-state index in [2.05, 4.69) is 4.74 Å². The van der Waals surface area contributed by atoms with Crippen LogP contribution in [-0.2, 0) is 17.8 Å². The number of methoxy groups -OCH3 is 1. The number of carbonyl (C=O) groups excluding carboxylic acids is 1. The van der Waals surface area contributed by atoms with E-state index in [0.29, 0.717) is 38.0 Å². The summed E-state index contributed by atoms with van der Waals surface area (Å²) in [6, 6.07) is 7.24. The van der Waals surface area contributed by atoms with Crippen LogP contribution in [0.3, 0.4) is 0 Å². The maximum atomic E-state index is 14.4. The highest BCUT2D eigenvalue weighted by Gasteiger charge is 2.34. The monoisotopic (exact) mass is 563 g/mol. The van der Waals surface area contributed by atoms with Crippen LogP contribution >= 0.6 is 24.0 Å². The fourth-order valence-corrected chi connectivity index (χ4v) is 4.96. The molecule has 1 aromatic heterocycles. The van der Waals surface area contributed by atoms with Crippen LogP contribution in [0.4, 0.5) is 17.6 Å². The first kappa shape index (κ1) is 29.0. The van der Waals surface area contributed by atoms with Crippen LogP contribution in [-0.4, -0.2) is 48.5 Å². The Morgan fingerprint density at radius 1 is 1.19 bits per heavy atom. The zero-order valence-electron chi connectivity index (χ0n) is 20.0. The Hall–Kier alpha value is -2.53. The largest absolute Gasteiger partial charge is 0.573 e. The summed E-state index contributed by atoms with van der Waals surface area (Å²) in [7, 11) is 1.47. The van der Waals surface area contributed by atoms with Gasteiger partial charge < -0.3 is 24.7 Å². The second-order valence-corrected chi connectivity index (χ2v) is 9.08. The molecule has 1 fully saturated rings. The molecule has 0 bridgehead atoms. The molecule has 1 aliphatic rings. The number of hydrogen-bond acceptors (Lipinski definition) is 4. The molecule has 0 aliphatic carbocycles. The van der Waals surface area contributed by atoms with Crippen LogP contribution in [0.2, 0.25) is 5.02 Å². The lowest BCUT2D eigenvalue weighted by Gasteiger charge is -2.32. The van der Waals surface area contributed by atoms with E-state index in [0.717, 1.165) is 11.6 Å². The van der Waals surface area contributed by atoms with Gasteiger partial charge in [0.15, 0.2) is 5.75 Å². The van der Waals surface area contributed by atoms with Crippen LogP contribution in [0.5, 0.6) is 5.75 Å². The molecule has 0 saturated carbocycles. The second kappa shape index (κ2) is 11.9. The van der Waals surface area contributed by atoms with Gasteiger partial charge in [0.05, 0.1) is 22.7 Å². The number of aromatic nitrogens is 1. The number of alkyl halides is 3. The second-order valence-electron chi connectivity index (χ2n) is 8.67. The number of nitrogens with zero attached hydrogens (tertiary/aromatic N) is 2. The molecular weight excluding hydrogens is 537 g/mol. The molecule has 37 heavy (non-hydrogen) atoms. The maximum Gasteiger partial charge on any atom is 0.573 e. The normalized spacial score (nSPS) is 14.6. The van der Waals surface area contributed by atoms with Crippen molar-refractivity contribution in [3.63, 3.8) is 0 Å². The summed E-state index contributed by atoms with van der Waals surface area (Å²) in [6.07, 6.45) is -2.36. The average molecular weight is 564 g/mol. The Kier molecular flexibility index (Phi) is 9.33. The van der Waals surface area contributed by atoms with Crippen molar-refractivity contribution >= 4 is 40.8 Å². The topological polar surface area (TPSA) is 69.7 Å². The first-order valence-corrected chi connectivity index (χ1v) is 11.8. The van der Waals surface area contributed by atoms with Crippen LogP contribution in [0.1, 0.15) is 40.2 Å². The van der Waals surface area contributed by atoms with E-state index in [9.17, 15) is 22.4 Å². The summed E-state index contributed by atoms with van der Waals surface area (Å²) in [5.74, 6) is -1.19. The number of nitrogens with two attached hydrogens (primary N) is 1. The van der Waals surface area contributed by atoms with Gasteiger partial charge in [0, 0.05) is 44.9 Å². The van der Waals surface area contributed by atoms with Gasteiger partial charge in [-0.25, -0.2) is 4.39 Å². The number of ether oxygens (including phenoxy) is 2. The number of fused-ring (bicyclic) bond motifs is 1. The van der Waals surface area contributed by atoms with Crippen molar-refractivity contribution < 1.29 is 31.8 Å². The van der Waals surface area contributed by atoms with Crippen LogP contribution < -0.4 is 10.5 Å². The van der Waals surface area contributed by atoms with E-state index in [-0.39, 0.29) is 64.7 Å². The molecule has 0 unspecified atom stereocenters. The number of rotatable bonds is 7. The van der Waals surface area contributed by atoms with Gasteiger partial charge in [-0.05, 0) is 48.1 Å². The zero-order chi connectivity index (χ0) is 26.0. The van der Waals surface area contributed by atoms with Gasteiger partial charge in [0.2, 0.25) is 0 Å². The zero-order valence-corrected chi connectivity index (χ0v) is 21.6. The standard InChI is InChI=1S/C25H26ClF4N3O3.ClH/c1-35-11-10-33-14-18(22-19(26)3-5-21(23(22)33)36-25(28,29)30)24(34)32-8-6-16(7-9-32)17-12-15(13-31)2-4-20(17)27;/h2-5,12,14,16H,6-11,13,31H2,1H3;1H. The smallest absolute Gasteiger partial charge is 0.404 e. The summed E-state index contributed by atoms with van der Waals surface area (Å²) >= 11 is 6.38. The van der Waals surface area contributed by atoms with Crippen LogP contribution in [0.25, 0.3) is 10.9 Å². The number of piperidine rings is 1. The fourth-order valence-electron chi connectivity index (χ4n) is 4.71. The molecule has 0 spiro atoms. The maximum absolute atomic E-state index is 14.4. The van der Waals surface area contributed by atoms with Gasteiger partial charge in [-0.1, -0.05) is 23.7 Å². The number of likely N-dealkylation sites (tertiary alicyclic amines) is 1. The molecule has 1 aliphatic heterocycles. The quantitative estimate of drug-likeness (QED) is 0.364. The van der Waals surface area contributed by atoms with Crippen LogP contribution in [0, 0.1) is 5.82 Å². The minimum Gasteiger partial charge on any atom is -0.404 e. The number of halogens is 6. The van der Waals surface area contributed by atoms with E-state index in [4.69, 9.17) is 22.1 Å². The molecular formula is C25H27Cl2F4N3O3. The highest BCUT2D eigenvalue weighted by Crippen LogP contribution is 2.39. The van der Waals surface area contributed by atoms with Crippen molar-refractivity contribution in [1.82, 2.24) is 9.47 Å². The summed E-state index contributed by atoms with van der Waals surface area (Å²) < 4.78 is 64.4. The SMILES string of the molecule is COCCn1cc(C(=O)N2CCC(c3cc(CN)ccc3F)CC2)c2c(Cl)ccc(OC(F)(F)F)c21.Cl. The number of amides is 1. The van der Waals surface area contributed by atoms with E-state index < -0.39 is 12.1 Å². The number of benzene rings is 2. The molecule has 1 amide bonds. The Morgan fingerprint density at radius 2 is 1.89 bits per heavy atom. The first-order valence-electron chi connectivity index (χ1n) is 11.5. The van der Waals surface area contributed by atoms with Crippen molar-refractivity contribution in [2.24, 2.45) is 5.73 Å². The predicted molar refractivity (Wildman–Crippen MR) is 135 cm³/mol. The van der Waals surface area contributed by atoms with Crippen molar-refractivity contribution in [3.05, 3.63) is 64.1 Å². The predicted octanol–water partition coefficient (Wildman–Crippen LogP) is 5.88. The lowest BCUT2D eigenvalue weighted by Crippen LogP contribution is -2.38. The highest BCUT2D eigenvalue weighted by atomic mass is 35.5. The Bertz CT molecular complexity index is 1260. The third-order valence-electron chi connectivity index (χ3n) is 6.44. The van der Waals surface area contributed by atoms with E-state index in [1.165, 1.54) is 30.0 Å². The van der Waals surface area contributed by atoms with Crippen LogP contribution in [0.15, 0.2) is 36.5 Å². The van der Waals surface area contributed by atoms with Gasteiger partial charge in [-0.15, -0.1) is 25.6 Å². The lowest BCUT2D eigenvalue weighted by atomic mass is 9.88. The van der Waals surface area contributed by atoms with Crippen molar-refractivity contribution in [2.75, 3.05) is 26.8 Å². The van der Waals surface area contributed by atoms with Gasteiger partial charge in [0.25, 0.3) is 5.91 Å². The third kappa shape index (κ3) is 6.31. The molecule has 2 N–H and O–H groups in total. The molecule has 3 aromatic rings. The number of carbonyl (C=O) groups is 1. The summed E-state index contributed by atoms with van der Waals surface area (Å²) in [5, 5.41) is 0.318. The molecule has 6 nitrogen and oxygen atoms in total. The minimum absolute atomic E-state index is 0. The molecule has 0 radical (unpaired) electrons. The highest BCUT2D eigenvalue weighted by molar-refractivity contribution is 6.37. The Morgan fingerprint density at radius 3 is 2.51 bits per heavy atom. The average Bonchev–Trinajstić information content (AvgIpc) is 3.24. The molecule has 1 saturated heterocycles. The molecule has 202 valence electrons. The van der Waals surface area contributed by atoms with Crippen molar-refractivity contribution in [2.45, 2.75) is 38.2 Å². The molecule has 2 aromatic carbocycles. The van der Waals surface area contributed by atoms with E-state index in [1.54, 1.807) is 17.0 Å². The summed E-state index contributed by atoms with van der Waals surface area (Å²) in [6.45, 7) is 1.41. The fraction of sp³-hybridized carbons (Fsp3) is 0.400. The molecule has 12 heteroatoms. The Labute approximate surface area is 222 Å². The molecule has 4 rings (SSSR count). The third-order valence-corrected chi connectivity index (χ3v) is 6.76. The lowest BCUT2D eigenvalue weighted by molar-refractivity contribution is -0.274. The van der Waals surface area contributed by atoms with Gasteiger partial charge in [0.1, 0.15) is 5.82 Å². The summed E-state index contributed by atoms with van der Waals surface area (Å²) in [4.78, 5) is 15.1. The van der Waals surface area contributed by atoms with Gasteiger partial charge >= 0.3 is 6.36 Å². The van der Waals surface area contributed by atoms with Gasteiger partial charge in [-0.2, -0.15) is 0 Å².